The minimum absolute atomic E-state index is 0.0198. The molecular formula is C19H23N5O3S. The third-order valence-corrected chi connectivity index (χ3v) is 5.58. The summed E-state index contributed by atoms with van der Waals surface area (Å²) in [4.78, 5) is 37.1. The first kappa shape index (κ1) is 20.1. The summed E-state index contributed by atoms with van der Waals surface area (Å²) in [5, 5.41) is 8.89. The van der Waals surface area contributed by atoms with E-state index in [4.69, 9.17) is 5.73 Å². The highest BCUT2D eigenvalue weighted by molar-refractivity contribution is 7.99. The van der Waals surface area contributed by atoms with Gasteiger partial charge in [-0.2, -0.15) is 0 Å². The van der Waals surface area contributed by atoms with Crippen LogP contribution in [0.4, 0.5) is 5.69 Å². The number of aromatic nitrogens is 3. The number of hydrogen-bond donors (Lipinski definition) is 1. The van der Waals surface area contributed by atoms with Crippen LogP contribution in [0.3, 0.4) is 0 Å². The van der Waals surface area contributed by atoms with E-state index >= 15 is 0 Å². The van der Waals surface area contributed by atoms with Gasteiger partial charge in [-0.15, -0.1) is 10.2 Å². The van der Waals surface area contributed by atoms with Crippen LogP contribution in [0.15, 0.2) is 29.4 Å². The molecule has 1 aliphatic heterocycles. The number of aryl methyl sites for hydroxylation is 1. The van der Waals surface area contributed by atoms with Gasteiger partial charge in [0.25, 0.3) is 0 Å². The predicted octanol–water partition coefficient (Wildman–Crippen LogP) is 1.82. The summed E-state index contributed by atoms with van der Waals surface area (Å²) in [6, 6.07) is 7.15. The van der Waals surface area contributed by atoms with Crippen molar-refractivity contribution in [2.24, 2.45) is 5.73 Å². The van der Waals surface area contributed by atoms with E-state index in [-0.39, 0.29) is 29.8 Å². The summed E-state index contributed by atoms with van der Waals surface area (Å²) in [5.74, 6) is 0.648. The smallest absolute Gasteiger partial charge is 0.227 e. The lowest BCUT2D eigenvalue weighted by molar-refractivity contribution is -0.118. The van der Waals surface area contributed by atoms with Crippen molar-refractivity contribution in [1.82, 2.24) is 14.8 Å². The van der Waals surface area contributed by atoms with Crippen LogP contribution >= 0.6 is 11.8 Å². The highest BCUT2D eigenvalue weighted by atomic mass is 32.2. The number of hydrogen-bond acceptors (Lipinski definition) is 6. The fourth-order valence-corrected chi connectivity index (χ4v) is 4.04. The normalized spacial score (nSPS) is 13.9. The zero-order valence-corrected chi connectivity index (χ0v) is 16.6. The maximum atomic E-state index is 12.5. The summed E-state index contributed by atoms with van der Waals surface area (Å²) in [6.45, 7) is 3.34. The maximum Gasteiger partial charge on any atom is 0.227 e. The number of primary amides is 1. The minimum Gasteiger partial charge on any atom is -0.370 e. The fraction of sp³-hybridized carbons (Fsp3) is 0.421. The zero-order valence-electron chi connectivity index (χ0n) is 15.8. The van der Waals surface area contributed by atoms with Gasteiger partial charge in [-0.05, 0) is 37.6 Å². The van der Waals surface area contributed by atoms with Gasteiger partial charge in [0.05, 0.1) is 5.75 Å². The summed E-state index contributed by atoms with van der Waals surface area (Å²) < 4.78 is 1.89. The Morgan fingerprint density at radius 1 is 1.21 bits per heavy atom. The van der Waals surface area contributed by atoms with Crippen LogP contribution in [0.25, 0.3) is 0 Å². The highest BCUT2D eigenvalue weighted by Gasteiger charge is 2.22. The van der Waals surface area contributed by atoms with Crippen LogP contribution < -0.4 is 10.6 Å². The molecule has 28 heavy (non-hydrogen) atoms. The summed E-state index contributed by atoms with van der Waals surface area (Å²) in [5.41, 5.74) is 6.62. The van der Waals surface area contributed by atoms with Crippen LogP contribution in [-0.4, -0.2) is 44.7 Å². The Balaban J connectivity index is 1.61. The molecule has 1 aromatic heterocycles. The fourth-order valence-electron chi connectivity index (χ4n) is 3.13. The van der Waals surface area contributed by atoms with E-state index < -0.39 is 0 Å². The molecule has 2 aromatic rings. The average molecular weight is 401 g/mol. The lowest BCUT2D eigenvalue weighted by Gasteiger charge is -2.15. The summed E-state index contributed by atoms with van der Waals surface area (Å²) in [6.07, 6.45) is 2.10. The van der Waals surface area contributed by atoms with Gasteiger partial charge in [0.1, 0.15) is 5.82 Å². The first-order chi connectivity index (χ1) is 13.5. The predicted molar refractivity (Wildman–Crippen MR) is 106 cm³/mol. The molecule has 0 atom stereocenters. The highest BCUT2D eigenvalue weighted by Crippen LogP contribution is 2.23. The van der Waals surface area contributed by atoms with Crippen LogP contribution in [-0.2, 0) is 22.6 Å². The molecule has 0 radical (unpaired) electrons. The number of carbonyl (C=O) groups is 3. The number of amides is 2. The van der Waals surface area contributed by atoms with Crippen LogP contribution in [0.2, 0.25) is 0 Å². The van der Waals surface area contributed by atoms with Gasteiger partial charge in [-0.3, -0.25) is 14.4 Å². The standard InChI is InChI=1S/C19H23N5O3S/c1-2-23-17(10-9-16(20)26)21-22-19(23)28-12-15(25)13-5-7-14(8-6-13)24-11-3-4-18(24)27/h5-8H,2-4,9-12H2,1H3,(H2,20,26). The van der Waals surface area contributed by atoms with Gasteiger partial charge in [0.15, 0.2) is 10.9 Å². The van der Waals surface area contributed by atoms with E-state index in [1.807, 2.05) is 23.6 Å². The lowest BCUT2D eigenvalue weighted by atomic mass is 10.1. The number of benzene rings is 1. The first-order valence-corrected chi connectivity index (χ1v) is 10.2. The molecule has 1 fully saturated rings. The third kappa shape index (κ3) is 4.59. The van der Waals surface area contributed by atoms with Crippen molar-refractivity contribution >= 4 is 35.0 Å². The van der Waals surface area contributed by atoms with Gasteiger partial charge in [-0.1, -0.05) is 11.8 Å². The Labute approximate surface area is 167 Å². The molecule has 3 rings (SSSR count). The van der Waals surface area contributed by atoms with Crippen molar-refractivity contribution in [2.45, 2.75) is 44.3 Å². The number of nitrogens with two attached hydrogens (primary N) is 1. The number of thioether (sulfide) groups is 1. The van der Waals surface area contributed by atoms with E-state index in [0.717, 1.165) is 18.7 Å². The Kier molecular flexibility index (Phi) is 6.45. The molecule has 1 aromatic carbocycles. The monoisotopic (exact) mass is 401 g/mol. The number of rotatable bonds is 9. The molecule has 8 nitrogen and oxygen atoms in total. The van der Waals surface area contributed by atoms with Gasteiger partial charge in [-0.25, -0.2) is 0 Å². The number of ketones is 1. The van der Waals surface area contributed by atoms with Crippen LogP contribution in [0, 0.1) is 0 Å². The van der Waals surface area contributed by atoms with Crippen molar-refractivity contribution in [2.75, 3.05) is 17.2 Å². The topological polar surface area (TPSA) is 111 Å². The second-order valence-corrected chi connectivity index (χ2v) is 7.46. The van der Waals surface area contributed by atoms with E-state index in [2.05, 4.69) is 10.2 Å². The molecular weight excluding hydrogens is 378 g/mol. The summed E-state index contributed by atoms with van der Waals surface area (Å²) >= 11 is 1.32. The Morgan fingerprint density at radius 2 is 1.96 bits per heavy atom. The molecule has 0 aliphatic carbocycles. The maximum absolute atomic E-state index is 12.5. The quantitative estimate of drug-likeness (QED) is 0.507. The van der Waals surface area contributed by atoms with Gasteiger partial charge in [0.2, 0.25) is 11.8 Å². The molecule has 148 valence electrons. The third-order valence-electron chi connectivity index (χ3n) is 4.61. The Hall–Kier alpha value is -2.68. The SMILES string of the molecule is CCn1c(CCC(N)=O)nnc1SCC(=O)c1ccc(N2CCCC2=O)cc1. The molecule has 2 heterocycles. The van der Waals surface area contributed by atoms with E-state index in [1.54, 1.807) is 17.0 Å². The van der Waals surface area contributed by atoms with Crippen molar-refractivity contribution in [3.63, 3.8) is 0 Å². The molecule has 9 heteroatoms. The Morgan fingerprint density at radius 3 is 2.57 bits per heavy atom. The van der Waals surface area contributed by atoms with Crippen molar-refractivity contribution in [1.29, 1.82) is 0 Å². The van der Waals surface area contributed by atoms with Crippen LogP contribution in [0.5, 0.6) is 0 Å². The average Bonchev–Trinajstić information content (AvgIpc) is 3.30. The molecule has 1 aliphatic rings. The molecule has 0 saturated carbocycles. The molecule has 1 saturated heterocycles. The van der Waals surface area contributed by atoms with Gasteiger partial charge < -0.3 is 15.2 Å². The van der Waals surface area contributed by atoms with Gasteiger partial charge >= 0.3 is 0 Å². The van der Waals surface area contributed by atoms with E-state index in [0.29, 0.717) is 35.9 Å². The van der Waals surface area contributed by atoms with Crippen molar-refractivity contribution in [3.8, 4) is 0 Å². The molecule has 0 spiro atoms. The number of nitrogens with zero attached hydrogens (tertiary/aromatic N) is 4. The van der Waals surface area contributed by atoms with E-state index in [9.17, 15) is 14.4 Å². The first-order valence-electron chi connectivity index (χ1n) is 9.26. The van der Waals surface area contributed by atoms with Crippen LogP contribution in [0.1, 0.15) is 42.4 Å². The second kappa shape index (κ2) is 9.01. The molecule has 2 amide bonds. The van der Waals surface area contributed by atoms with Crippen molar-refractivity contribution < 1.29 is 14.4 Å². The number of Topliss-reactive ketones (excluding diaryl/α,β-unsaturated/α-hetero) is 1. The summed E-state index contributed by atoms with van der Waals surface area (Å²) in [7, 11) is 0. The zero-order chi connectivity index (χ0) is 20.1. The number of carbonyl (C=O) groups excluding carboxylic acids is 3. The Bertz CT molecular complexity index is 878. The molecule has 0 bridgehead atoms. The molecule has 0 unspecified atom stereocenters. The largest absolute Gasteiger partial charge is 0.370 e. The number of anilines is 1. The minimum atomic E-state index is -0.380. The van der Waals surface area contributed by atoms with Crippen molar-refractivity contribution in [3.05, 3.63) is 35.7 Å². The molecule has 2 N–H and O–H groups in total. The lowest BCUT2D eigenvalue weighted by Crippen LogP contribution is -2.23. The van der Waals surface area contributed by atoms with Gasteiger partial charge in [0, 0.05) is 43.6 Å². The second-order valence-electron chi connectivity index (χ2n) is 6.52. The van der Waals surface area contributed by atoms with E-state index in [1.165, 1.54) is 11.8 Å².